The number of amides is 1. The molecule has 2 fully saturated rings. The molecule has 0 aromatic heterocycles. The number of hydrogen-bond acceptors (Lipinski definition) is 3. The highest BCUT2D eigenvalue weighted by atomic mass is 16.4. The predicted octanol–water partition coefficient (Wildman–Crippen LogP) is 1.93. The van der Waals surface area contributed by atoms with Crippen LogP contribution in [-0.4, -0.2) is 47.1 Å². The number of rotatable bonds is 4. The van der Waals surface area contributed by atoms with Gasteiger partial charge in [0.15, 0.2) is 5.41 Å². The van der Waals surface area contributed by atoms with Crippen molar-refractivity contribution in [2.45, 2.75) is 63.5 Å². The van der Waals surface area contributed by atoms with E-state index < -0.39 is 11.4 Å². The van der Waals surface area contributed by atoms with Crippen LogP contribution in [0.3, 0.4) is 0 Å². The van der Waals surface area contributed by atoms with Gasteiger partial charge in [-0.1, -0.05) is 31.4 Å². The minimum atomic E-state index is -1.27. The van der Waals surface area contributed by atoms with Crippen molar-refractivity contribution in [3.63, 3.8) is 0 Å². The van der Waals surface area contributed by atoms with Crippen LogP contribution in [0.5, 0.6) is 0 Å². The lowest BCUT2D eigenvalue weighted by molar-refractivity contribution is -0.155. The summed E-state index contributed by atoms with van der Waals surface area (Å²) in [7, 11) is 0. The molecule has 3 aliphatic rings. The van der Waals surface area contributed by atoms with Gasteiger partial charge >= 0.3 is 5.97 Å². The van der Waals surface area contributed by atoms with Gasteiger partial charge in [-0.15, -0.1) is 0 Å². The highest BCUT2D eigenvalue weighted by molar-refractivity contribution is 6.02. The molecule has 122 valence electrons. The second-order valence-corrected chi connectivity index (χ2v) is 7.01. The Morgan fingerprint density at radius 2 is 1.77 bits per heavy atom. The molecule has 22 heavy (non-hydrogen) atoms. The molecule has 1 atom stereocenters. The van der Waals surface area contributed by atoms with Crippen LogP contribution in [0, 0.1) is 5.41 Å². The number of allylic oxidation sites excluding steroid dienone is 2. The van der Waals surface area contributed by atoms with Gasteiger partial charge in [0.25, 0.3) is 0 Å². The summed E-state index contributed by atoms with van der Waals surface area (Å²) in [6.07, 6.45) is 11.7. The maximum atomic E-state index is 12.5. The van der Waals surface area contributed by atoms with E-state index >= 15 is 0 Å². The van der Waals surface area contributed by atoms with E-state index in [1.165, 1.54) is 32.1 Å². The number of hydrogen-bond donors (Lipinski definition) is 2. The SMILES string of the molecule is O=C(O)C1(C(=O)NC2CCN(C3CCCCC3)C2)CC=CC1. The number of carbonyl (C=O) groups excluding carboxylic acids is 1. The Hall–Kier alpha value is -1.36. The first-order valence-electron chi connectivity index (χ1n) is 8.55. The molecule has 1 heterocycles. The average molecular weight is 306 g/mol. The van der Waals surface area contributed by atoms with Gasteiger partial charge < -0.3 is 10.4 Å². The third-order valence-corrected chi connectivity index (χ3v) is 5.59. The molecule has 5 nitrogen and oxygen atoms in total. The lowest BCUT2D eigenvalue weighted by Gasteiger charge is -2.31. The molecule has 3 rings (SSSR count). The number of aliphatic carboxylic acids is 1. The fraction of sp³-hybridized carbons (Fsp3) is 0.765. The Morgan fingerprint density at radius 1 is 1.09 bits per heavy atom. The monoisotopic (exact) mass is 306 g/mol. The van der Waals surface area contributed by atoms with Crippen molar-refractivity contribution in [2.24, 2.45) is 5.41 Å². The van der Waals surface area contributed by atoms with Crippen LogP contribution in [0.4, 0.5) is 0 Å². The molecule has 2 aliphatic carbocycles. The molecule has 1 amide bonds. The van der Waals surface area contributed by atoms with Crippen LogP contribution >= 0.6 is 0 Å². The van der Waals surface area contributed by atoms with Crippen molar-refractivity contribution in [3.8, 4) is 0 Å². The summed E-state index contributed by atoms with van der Waals surface area (Å²) in [5.41, 5.74) is -1.27. The minimum absolute atomic E-state index is 0.103. The molecule has 0 radical (unpaired) electrons. The summed E-state index contributed by atoms with van der Waals surface area (Å²) in [4.78, 5) is 26.5. The molecule has 5 heteroatoms. The smallest absolute Gasteiger partial charge is 0.319 e. The molecule has 0 aromatic carbocycles. The quantitative estimate of drug-likeness (QED) is 0.615. The third-order valence-electron chi connectivity index (χ3n) is 5.59. The number of likely N-dealkylation sites (tertiary alicyclic amines) is 1. The van der Waals surface area contributed by atoms with Crippen molar-refractivity contribution in [1.82, 2.24) is 10.2 Å². The number of carbonyl (C=O) groups is 2. The second kappa shape index (κ2) is 6.41. The van der Waals surface area contributed by atoms with Crippen molar-refractivity contribution >= 4 is 11.9 Å². The zero-order valence-corrected chi connectivity index (χ0v) is 13.1. The lowest BCUT2D eigenvalue weighted by atomic mass is 9.84. The first kappa shape index (κ1) is 15.5. The van der Waals surface area contributed by atoms with Crippen LogP contribution in [0.1, 0.15) is 51.4 Å². The molecule has 0 aromatic rings. The lowest BCUT2D eigenvalue weighted by Crippen LogP contribution is -2.49. The van der Waals surface area contributed by atoms with Crippen LogP contribution in [-0.2, 0) is 9.59 Å². The summed E-state index contributed by atoms with van der Waals surface area (Å²) >= 11 is 0. The van der Waals surface area contributed by atoms with E-state index in [2.05, 4.69) is 10.2 Å². The van der Waals surface area contributed by atoms with E-state index in [1.54, 1.807) is 12.2 Å². The Kier molecular flexibility index (Phi) is 4.52. The Labute approximate surface area is 131 Å². The normalized spacial score (nSPS) is 28.8. The maximum Gasteiger partial charge on any atom is 0.319 e. The topological polar surface area (TPSA) is 69.6 Å². The van der Waals surface area contributed by atoms with Crippen molar-refractivity contribution in [3.05, 3.63) is 12.2 Å². The summed E-state index contributed by atoms with van der Waals surface area (Å²) in [5.74, 6) is -1.31. The van der Waals surface area contributed by atoms with Crippen molar-refractivity contribution < 1.29 is 14.7 Å². The zero-order valence-electron chi connectivity index (χ0n) is 13.1. The molecule has 1 aliphatic heterocycles. The first-order valence-corrected chi connectivity index (χ1v) is 8.55. The highest BCUT2D eigenvalue weighted by Crippen LogP contribution is 2.34. The summed E-state index contributed by atoms with van der Waals surface area (Å²) < 4.78 is 0. The van der Waals surface area contributed by atoms with Crippen LogP contribution in [0.2, 0.25) is 0 Å². The molecule has 2 N–H and O–H groups in total. The van der Waals surface area contributed by atoms with Crippen LogP contribution < -0.4 is 5.32 Å². The fourth-order valence-electron chi connectivity index (χ4n) is 4.12. The minimum Gasteiger partial charge on any atom is -0.480 e. The van der Waals surface area contributed by atoms with Gasteiger partial charge in [-0.3, -0.25) is 14.5 Å². The van der Waals surface area contributed by atoms with Gasteiger partial charge in [0, 0.05) is 25.2 Å². The number of carboxylic acid groups (broad SMARTS) is 1. The Bertz CT molecular complexity index is 461. The predicted molar refractivity (Wildman–Crippen MR) is 83.4 cm³/mol. The molecular formula is C17H26N2O3. The molecule has 1 saturated carbocycles. The molecule has 1 saturated heterocycles. The van der Waals surface area contributed by atoms with Gasteiger partial charge in [-0.25, -0.2) is 0 Å². The van der Waals surface area contributed by atoms with Gasteiger partial charge in [0.2, 0.25) is 5.91 Å². The number of carboxylic acids is 1. The van der Waals surface area contributed by atoms with Gasteiger partial charge in [0.05, 0.1) is 0 Å². The van der Waals surface area contributed by atoms with Crippen LogP contribution in [0.25, 0.3) is 0 Å². The molecule has 0 bridgehead atoms. The maximum absolute atomic E-state index is 12.5. The first-order chi connectivity index (χ1) is 10.6. The van der Waals surface area contributed by atoms with Crippen LogP contribution in [0.15, 0.2) is 12.2 Å². The fourth-order valence-corrected chi connectivity index (χ4v) is 4.12. The van der Waals surface area contributed by atoms with Crippen molar-refractivity contribution in [1.29, 1.82) is 0 Å². The summed E-state index contributed by atoms with van der Waals surface area (Å²) in [5, 5.41) is 12.5. The third kappa shape index (κ3) is 2.91. The average Bonchev–Trinajstić information content (AvgIpc) is 3.18. The molecule has 1 unspecified atom stereocenters. The van der Waals surface area contributed by atoms with E-state index in [9.17, 15) is 14.7 Å². The van der Waals surface area contributed by atoms with Gasteiger partial charge in [-0.05, 0) is 32.1 Å². The van der Waals surface area contributed by atoms with E-state index in [4.69, 9.17) is 0 Å². The number of nitrogens with one attached hydrogen (secondary N) is 1. The zero-order chi connectivity index (χ0) is 15.6. The standard InChI is InChI=1S/C17H26N2O3/c20-15(17(16(21)22)9-4-5-10-17)18-13-8-11-19(12-13)14-6-2-1-3-7-14/h4-5,13-14H,1-3,6-12H2,(H,18,20)(H,21,22). The van der Waals surface area contributed by atoms with E-state index in [0.717, 1.165) is 19.5 Å². The second-order valence-electron chi connectivity index (χ2n) is 7.01. The molecule has 0 spiro atoms. The van der Waals surface area contributed by atoms with Crippen molar-refractivity contribution in [2.75, 3.05) is 13.1 Å². The Morgan fingerprint density at radius 3 is 2.41 bits per heavy atom. The van der Waals surface area contributed by atoms with Gasteiger partial charge in [0.1, 0.15) is 0 Å². The van der Waals surface area contributed by atoms with E-state index in [0.29, 0.717) is 18.9 Å². The highest BCUT2D eigenvalue weighted by Gasteiger charge is 2.47. The van der Waals surface area contributed by atoms with E-state index in [1.807, 2.05) is 0 Å². The number of nitrogens with zero attached hydrogens (tertiary/aromatic N) is 1. The van der Waals surface area contributed by atoms with Gasteiger partial charge in [-0.2, -0.15) is 0 Å². The largest absolute Gasteiger partial charge is 0.480 e. The van der Waals surface area contributed by atoms with E-state index in [-0.39, 0.29) is 11.9 Å². The molecular weight excluding hydrogens is 280 g/mol. The summed E-state index contributed by atoms with van der Waals surface area (Å²) in [6, 6.07) is 0.767. The summed E-state index contributed by atoms with van der Waals surface area (Å²) in [6.45, 7) is 1.90. The Balaban J connectivity index is 1.55.